The van der Waals surface area contributed by atoms with Gasteiger partial charge in [-0.25, -0.2) is 4.98 Å². The second-order valence-corrected chi connectivity index (χ2v) is 9.77. The third-order valence-corrected chi connectivity index (χ3v) is 7.63. The molecule has 2 aromatic heterocycles. The molecule has 0 spiro atoms. The number of hydrogen-bond donors (Lipinski definition) is 2. The van der Waals surface area contributed by atoms with Gasteiger partial charge in [-0.1, -0.05) is 6.07 Å². The van der Waals surface area contributed by atoms with Crippen molar-refractivity contribution in [1.29, 1.82) is 0 Å². The Labute approximate surface area is 199 Å². The lowest BCUT2D eigenvalue weighted by molar-refractivity contribution is -0.139. The van der Waals surface area contributed by atoms with Gasteiger partial charge in [0, 0.05) is 62.1 Å². The van der Waals surface area contributed by atoms with Gasteiger partial charge in [0.25, 0.3) is 0 Å². The Kier molecular flexibility index (Phi) is 5.85. The second-order valence-electron chi connectivity index (χ2n) is 9.77. The van der Waals surface area contributed by atoms with Crippen molar-refractivity contribution in [2.24, 2.45) is 5.92 Å². The zero-order valence-corrected chi connectivity index (χ0v) is 19.7. The summed E-state index contributed by atoms with van der Waals surface area (Å²) in [6.07, 6.45) is 6.50. The summed E-state index contributed by atoms with van der Waals surface area (Å²) in [5.74, 6) is 0.381. The molecule has 7 nitrogen and oxygen atoms in total. The first-order chi connectivity index (χ1) is 16.7. The minimum Gasteiger partial charge on any atom is -0.381 e. The number of ether oxygens (including phenoxy) is 2. The maximum Gasteiger partial charge on any atom is 0.226 e. The molecule has 2 fully saturated rings. The van der Waals surface area contributed by atoms with Gasteiger partial charge in [0.1, 0.15) is 5.65 Å². The van der Waals surface area contributed by atoms with Crippen molar-refractivity contribution in [3.05, 3.63) is 52.8 Å². The molecule has 1 atom stereocenters. The van der Waals surface area contributed by atoms with E-state index in [0.29, 0.717) is 26.4 Å². The van der Waals surface area contributed by atoms with Crippen molar-refractivity contribution in [1.82, 2.24) is 20.2 Å². The topological polar surface area (TPSA) is 79.5 Å². The van der Waals surface area contributed by atoms with E-state index in [4.69, 9.17) is 9.47 Å². The average molecular weight is 461 g/mol. The molecule has 0 aliphatic carbocycles. The molecule has 0 radical (unpaired) electrons. The first kappa shape index (κ1) is 21.8. The molecule has 34 heavy (non-hydrogen) atoms. The van der Waals surface area contributed by atoms with Gasteiger partial charge in [-0.15, -0.1) is 0 Å². The lowest BCUT2D eigenvalue weighted by Gasteiger charge is -2.36. The van der Waals surface area contributed by atoms with Crippen LogP contribution in [0.4, 0.5) is 0 Å². The van der Waals surface area contributed by atoms with Crippen molar-refractivity contribution in [3.8, 4) is 11.1 Å². The molecule has 6 rings (SSSR count). The third-order valence-electron chi connectivity index (χ3n) is 7.63. The zero-order valence-electron chi connectivity index (χ0n) is 19.7. The van der Waals surface area contributed by atoms with E-state index >= 15 is 0 Å². The maximum absolute atomic E-state index is 13.3. The van der Waals surface area contributed by atoms with Crippen LogP contribution in [0.15, 0.2) is 30.6 Å². The van der Waals surface area contributed by atoms with Crippen LogP contribution in [-0.2, 0) is 27.2 Å². The van der Waals surface area contributed by atoms with Crippen molar-refractivity contribution in [2.45, 2.75) is 38.8 Å². The van der Waals surface area contributed by atoms with Crippen LogP contribution >= 0.6 is 0 Å². The maximum atomic E-state index is 13.3. The number of pyridine rings is 1. The van der Waals surface area contributed by atoms with E-state index in [1.165, 1.54) is 27.8 Å². The minimum absolute atomic E-state index is 0.0940. The number of morpholine rings is 1. The third kappa shape index (κ3) is 4.02. The summed E-state index contributed by atoms with van der Waals surface area (Å²) in [4.78, 5) is 23.3. The van der Waals surface area contributed by atoms with Crippen molar-refractivity contribution >= 4 is 16.9 Å². The molecule has 7 heteroatoms. The fraction of sp³-hybridized carbons (Fsp3) is 0.481. The summed E-state index contributed by atoms with van der Waals surface area (Å²) < 4.78 is 11.3. The lowest BCUT2D eigenvalue weighted by atomic mass is 9.86. The van der Waals surface area contributed by atoms with Crippen molar-refractivity contribution < 1.29 is 14.3 Å². The smallest absolute Gasteiger partial charge is 0.226 e. The predicted molar refractivity (Wildman–Crippen MR) is 130 cm³/mol. The number of aromatic amines is 1. The number of fused-ring (bicyclic) bond motifs is 2. The van der Waals surface area contributed by atoms with Crippen molar-refractivity contribution in [2.75, 3.05) is 39.5 Å². The summed E-state index contributed by atoms with van der Waals surface area (Å²) >= 11 is 0. The molecule has 3 aromatic rings. The predicted octanol–water partition coefficient (Wildman–Crippen LogP) is 3.51. The van der Waals surface area contributed by atoms with Crippen LogP contribution in [0.25, 0.3) is 22.2 Å². The quantitative estimate of drug-likeness (QED) is 0.625. The largest absolute Gasteiger partial charge is 0.381 e. The van der Waals surface area contributed by atoms with Gasteiger partial charge in [-0.05, 0) is 66.1 Å². The summed E-state index contributed by atoms with van der Waals surface area (Å²) in [6, 6.07) is 6.96. The van der Waals surface area contributed by atoms with Gasteiger partial charge in [0.2, 0.25) is 5.91 Å². The molecule has 3 aliphatic rings. The Morgan fingerprint density at radius 2 is 2.00 bits per heavy atom. The number of hydrogen-bond acceptors (Lipinski definition) is 5. The number of amides is 1. The van der Waals surface area contributed by atoms with E-state index in [9.17, 15) is 4.79 Å². The monoisotopic (exact) mass is 460 g/mol. The average Bonchev–Trinajstić information content (AvgIpc) is 3.28. The fourth-order valence-corrected chi connectivity index (χ4v) is 5.62. The summed E-state index contributed by atoms with van der Waals surface area (Å²) in [6.45, 7) is 7.16. The molecule has 3 aliphatic heterocycles. The number of rotatable bonds is 3. The highest BCUT2D eigenvalue weighted by Gasteiger charge is 2.31. The number of aryl methyl sites for hydroxylation is 1. The molecule has 0 saturated carbocycles. The Hall–Kier alpha value is -2.74. The SMILES string of the molecule is Cc1c[nH]c2ncc(-c3cc4c(c([C@@H]5COCCN5)c3)CN(C(=O)C3CCOCC3)CC4)cc12. The normalized spacial score (nSPS) is 21.6. The molecule has 1 amide bonds. The standard InChI is InChI=1S/C27H32N4O3/c1-17-13-29-26-22(17)12-21(14-30-26)20-10-19-2-6-31(27(32)18-3-7-33-8-4-18)15-24(19)23(11-20)25-16-34-9-5-28-25/h10-14,18,25,28H,2-9,15-16H2,1H3,(H,29,30)/t25-/m0/s1. The molecule has 0 unspecified atom stereocenters. The van der Waals surface area contributed by atoms with Crippen LogP contribution in [0.5, 0.6) is 0 Å². The van der Waals surface area contributed by atoms with Gasteiger partial charge < -0.3 is 24.7 Å². The number of nitrogens with one attached hydrogen (secondary N) is 2. The Bertz CT molecular complexity index is 1210. The van der Waals surface area contributed by atoms with Crippen LogP contribution in [0.1, 0.15) is 41.1 Å². The number of nitrogens with zero attached hydrogens (tertiary/aromatic N) is 2. The zero-order chi connectivity index (χ0) is 23.1. The Morgan fingerprint density at radius 3 is 2.82 bits per heavy atom. The highest BCUT2D eigenvalue weighted by molar-refractivity contribution is 5.85. The minimum atomic E-state index is 0.0940. The number of benzene rings is 1. The summed E-state index contributed by atoms with van der Waals surface area (Å²) in [5, 5.41) is 4.80. The van der Waals surface area contributed by atoms with Crippen LogP contribution in [0.2, 0.25) is 0 Å². The van der Waals surface area contributed by atoms with Gasteiger partial charge in [0.15, 0.2) is 0 Å². The number of carbonyl (C=O) groups is 1. The molecular formula is C27H32N4O3. The van der Waals surface area contributed by atoms with Gasteiger partial charge >= 0.3 is 0 Å². The van der Waals surface area contributed by atoms with E-state index in [-0.39, 0.29) is 17.9 Å². The van der Waals surface area contributed by atoms with Gasteiger partial charge in [-0.2, -0.15) is 0 Å². The Balaban J connectivity index is 1.37. The molecule has 2 saturated heterocycles. The fourth-order valence-electron chi connectivity index (χ4n) is 5.62. The van der Waals surface area contributed by atoms with Crippen molar-refractivity contribution in [3.63, 3.8) is 0 Å². The second kappa shape index (κ2) is 9.13. The van der Waals surface area contributed by atoms with E-state index in [0.717, 1.165) is 55.6 Å². The van der Waals surface area contributed by atoms with E-state index in [2.05, 4.69) is 45.3 Å². The highest BCUT2D eigenvalue weighted by Crippen LogP contribution is 2.35. The van der Waals surface area contributed by atoms with Gasteiger partial charge in [0.05, 0.1) is 19.3 Å². The molecular weight excluding hydrogens is 428 g/mol. The van der Waals surface area contributed by atoms with E-state index in [1.54, 1.807) is 0 Å². The molecule has 1 aromatic carbocycles. The molecule has 178 valence electrons. The van der Waals surface area contributed by atoms with Gasteiger partial charge in [-0.3, -0.25) is 4.79 Å². The number of aromatic nitrogens is 2. The lowest BCUT2D eigenvalue weighted by Crippen LogP contribution is -2.42. The molecule has 0 bridgehead atoms. The number of carbonyl (C=O) groups excluding carboxylic acids is 1. The Morgan fingerprint density at radius 1 is 1.12 bits per heavy atom. The molecule has 2 N–H and O–H groups in total. The first-order valence-corrected chi connectivity index (χ1v) is 12.4. The highest BCUT2D eigenvalue weighted by atomic mass is 16.5. The summed E-state index contributed by atoms with van der Waals surface area (Å²) in [7, 11) is 0. The van der Waals surface area contributed by atoms with Crippen LogP contribution < -0.4 is 5.32 Å². The van der Waals surface area contributed by atoms with Crippen LogP contribution in [0, 0.1) is 12.8 Å². The van der Waals surface area contributed by atoms with Crippen LogP contribution in [0.3, 0.4) is 0 Å². The molecule has 5 heterocycles. The summed E-state index contributed by atoms with van der Waals surface area (Å²) in [5.41, 5.74) is 8.29. The first-order valence-electron chi connectivity index (χ1n) is 12.4. The van der Waals surface area contributed by atoms with E-state index in [1.807, 2.05) is 12.4 Å². The number of H-pyrrole nitrogens is 1. The van der Waals surface area contributed by atoms with Crippen LogP contribution in [-0.4, -0.2) is 60.3 Å². The van der Waals surface area contributed by atoms with E-state index < -0.39 is 0 Å².